The third-order valence-corrected chi connectivity index (χ3v) is 5.14. The Kier molecular flexibility index (Phi) is 4.28. The van der Waals surface area contributed by atoms with Gasteiger partial charge >= 0.3 is 0 Å². The minimum Gasteiger partial charge on any atom is -0.330 e. The average molecular weight is 293 g/mol. The van der Waals surface area contributed by atoms with Crippen molar-refractivity contribution in [3.63, 3.8) is 0 Å². The standard InChI is InChI=1S/C14H19N3S2/c15-6-5-14-16-11(10-19-14)8-17(12-3-4-12)9-13-2-1-7-18-13/h1-2,7,10,12H,3-6,8-9,15H2. The van der Waals surface area contributed by atoms with Crippen LogP contribution in [0, 0.1) is 0 Å². The van der Waals surface area contributed by atoms with E-state index in [4.69, 9.17) is 5.73 Å². The predicted molar refractivity (Wildman–Crippen MR) is 81.5 cm³/mol. The zero-order valence-corrected chi connectivity index (χ0v) is 12.6. The molecule has 3 rings (SSSR count). The van der Waals surface area contributed by atoms with Crippen LogP contribution in [0.15, 0.2) is 22.9 Å². The summed E-state index contributed by atoms with van der Waals surface area (Å²) in [6, 6.07) is 5.12. The van der Waals surface area contributed by atoms with Crippen LogP contribution >= 0.6 is 22.7 Å². The van der Waals surface area contributed by atoms with Crippen LogP contribution < -0.4 is 5.73 Å². The summed E-state index contributed by atoms with van der Waals surface area (Å²) in [5.41, 5.74) is 6.78. The van der Waals surface area contributed by atoms with E-state index in [1.165, 1.54) is 28.4 Å². The average Bonchev–Trinajstić information content (AvgIpc) is 2.95. The molecule has 2 aromatic heterocycles. The largest absolute Gasteiger partial charge is 0.330 e. The summed E-state index contributed by atoms with van der Waals surface area (Å²) in [5.74, 6) is 0. The predicted octanol–water partition coefficient (Wildman–Crippen LogP) is 2.87. The van der Waals surface area contributed by atoms with E-state index in [0.29, 0.717) is 6.54 Å². The van der Waals surface area contributed by atoms with Gasteiger partial charge in [0, 0.05) is 35.8 Å². The number of nitrogens with two attached hydrogens (primary N) is 1. The lowest BCUT2D eigenvalue weighted by atomic mass is 10.3. The first-order valence-electron chi connectivity index (χ1n) is 6.75. The van der Waals surface area contributed by atoms with Gasteiger partial charge < -0.3 is 5.73 Å². The van der Waals surface area contributed by atoms with Crippen molar-refractivity contribution in [3.05, 3.63) is 38.5 Å². The number of rotatable bonds is 7. The van der Waals surface area contributed by atoms with E-state index in [9.17, 15) is 0 Å². The molecule has 0 spiro atoms. The summed E-state index contributed by atoms with van der Waals surface area (Å²) < 4.78 is 0. The van der Waals surface area contributed by atoms with Gasteiger partial charge in [0.25, 0.3) is 0 Å². The lowest BCUT2D eigenvalue weighted by molar-refractivity contribution is 0.245. The highest BCUT2D eigenvalue weighted by Crippen LogP contribution is 2.30. The van der Waals surface area contributed by atoms with E-state index in [0.717, 1.165) is 25.6 Å². The van der Waals surface area contributed by atoms with Gasteiger partial charge in [-0.15, -0.1) is 22.7 Å². The molecule has 3 nitrogen and oxygen atoms in total. The van der Waals surface area contributed by atoms with Crippen molar-refractivity contribution in [2.24, 2.45) is 5.73 Å². The van der Waals surface area contributed by atoms with Crippen LogP contribution in [0.5, 0.6) is 0 Å². The van der Waals surface area contributed by atoms with Gasteiger partial charge in [-0.2, -0.15) is 0 Å². The molecular formula is C14H19N3S2. The maximum absolute atomic E-state index is 5.58. The van der Waals surface area contributed by atoms with Gasteiger partial charge in [-0.3, -0.25) is 4.90 Å². The number of hydrogen-bond donors (Lipinski definition) is 1. The Balaban J connectivity index is 1.63. The maximum Gasteiger partial charge on any atom is 0.0941 e. The lowest BCUT2D eigenvalue weighted by Gasteiger charge is -2.19. The summed E-state index contributed by atoms with van der Waals surface area (Å²) in [7, 11) is 0. The quantitative estimate of drug-likeness (QED) is 0.853. The van der Waals surface area contributed by atoms with Gasteiger partial charge in [0.1, 0.15) is 0 Å². The highest BCUT2D eigenvalue weighted by Gasteiger charge is 2.29. The molecule has 2 N–H and O–H groups in total. The highest BCUT2D eigenvalue weighted by atomic mass is 32.1. The Labute approximate surface area is 122 Å². The molecule has 1 aliphatic carbocycles. The number of aromatic nitrogens is 1. The molecule has 1 saturated carbocycles. The van der Waals surface area contributed by atoms with Crippen molar-refractivity contribution in [2.45, 2.75) is 38.4 Å². The number of hydrogen-bond acceptors (Lipinski definition) is 5. The molecule has 0 bridgehead atoms. The minimum absolute atomic E-state index is 0.689. The molecule has 1 aliphatic rings. The van der Waals surface area contributed by atoms with Crippen molar-refractivity contribution < 1.29 is 0 Å². The molecule has 19 heavy (non-hydrogen) atoms. The Morgan fingerprint density at radius 3 is 2.89 bits per heavy atom. The van der Waals surface area contributed by atoms with Crippen LogP contribution in [-0.2, 0) is 19.5 Å². The second kappa shape index (κ2) is 6.13. The minimum atomic E-state index is 0.689. The SMILES string of the molecule is NCCc1nc(CN(Cc2cccs2)C2CC2)cs1. The zero-order valence-electron chi connectivity index (χ0n) is 10.9. The van der Waals surface area contributed by atoms with E-state index in [-0.39, 0.29) is 0 Å². The first kappa shape index (κ1) is 13.2. The van der Waals surface area contributed by atoms with Gasteiger partial charge in [0.2, 0.25) is 0 Å². The topological polar surface area (TPSA) is 42.1 Å². The zero-order chi connectivity index (χ0) is 13.1. The van der Waals surface area contributed by atoms with Crippen molar-refractivity contribution in [1.29, 1.82) is 0 Å². The smallest absolute Gasteiger partial charge is 0.0941 e. The Morgan fingerprint density at radius 1 is 1.32 bits per heavy atom. The normalized spacial score (nSPS) is 15.3. The summed E-state index contributed by atoms with van der Waals surface area (Å²) in [4.78, 5) is 8.69. The number of nitrogens with zero attached hydrogens (tertiary/aromatic N) is 2. The van der Waals surface area contributed by atoms with E-state index < -0.39 is 0 Å². The Morgan fingerprint density at radius 2 is 2.21 bits per heavy atom. The molecular weight excluding hydrogens is 274 g/mol. The van der Waals surface area contributed by atoms with Gasteiger partial charge in [0.15, 0.2) is 0 Å². The van der Waals surface area contributed by atoms with Crippen LogP contribution in [0.2, 0.25) is 0 Å². The van der Waals surface area contributed by atoms with E-state index in [1.54, 1.807) is 11.3 Å². The number of thiazole rings is 1. The van der Waals surface area contributed by atoms with Gasteiger partial charge in [-0.05, 0) is 30.8 Å². The highest BCUT2D eigenvalue weighted by molar-refractivity contribution is 7.10. The van der Waals surface area contributed by atoms with Crippen molar-refractivity contribution in [3.8, 4) is 0 Å². The molecule has 102 valence electrons. The summed E-state index contributed by atoms with van der Waals surface area (Å²) in [6.07, 6.45) is 3.58. The summed E-state index contributed by atoms with van der Waals surface area (Å²) in [5, 5.41) is 5.52. The first-order valence-corrected chi connectivity index (χ1v) is 8.51. The van der Waals surface area contributed by atoms with Gasteiger partial charge in [-0.25, -0.2) is 4.98 Å². The molecule has 1 fully saturated rings. The van der Waals surface area contributed by atoms with Crippen LogP contribution in [0.1, 0.15) is 28.4 Å². The van der Waals surface area contributed by atoms with Crippen LogP contribution in [-0.4, -0.2) is 22.5 Å². The van der Waals surface area contributed by atoms with Gasteiger partial charge in [-0.1, -0.05) is 6.07 Å². The van der Waals surface area contributed by atoms with Crippen molar-refractivity contribution >= 4 is 22.7 Å². The fourth-order valence-electron chi connectivity index (χ4n) is 2.22. The maximum atomic E-state index is 5.58. The molecule has 0 radical (unpaired) electrons. The second-order valence-corrected chi connectivity index (χ2v) is 6.96. The third kappa shape index (κ3) is 3.63. The van der Waals surface area contributed by atoms with E-state index in [1.807, 2.05) is 11.3 Å². The molecule has 2 aromatic rings. The Bertz CT molecular complexity index is 503. The molecule has 0 unspecified atom stereocenters. The molecule has 2 heterocycles. The van der Waals surface area contributed by atoms with Crippen molar-refractivity contribution in [2.75, 3.05) is 6.54 Å². The van der Waals surface area contributed by atoms with E-state index >= 15 is 0 Å². The fraction of sp³-hybridized carbons (Fsp3) is 0.500. The van der Waals surface area contributed by atoms with Crippen LogP contribution in [0.25, 0.3) is 0 Å². The summed E-state index contributed by atoms with van der Waals surface area (Å²) in [6.45, 7) is 2.73. The third-order valence-electron chi connectivity index (χ3n) is 3.32. The van der Waals surface area contributed by atoms with E-state index in [2.05, 4.69) is 32.8 Å². The first-order chi connectivity index (χ1) is 9.35. The molecule has 0 atom stereocenters. The Hall–Kier alpha value is -0.750. The fourth-order valence-corrected chi connectivity index (χ4v) is 3.76. The molecule has 0 saturated heterocycles. The van der Waals surface area contributed by atoms with Crippen LogP contribution in [0.4, 0.5) is 0 Å². The van der Waals surface area contributed by atoms with Gasteiger partial charge in [0.05, 0.1) is 10.7 Å². The lowest BCUT2D eigenvalue weighted by Crippen LogP contribution is -2.24. The molecule has 0 aromatic carbocycles. The van der Waals surface area contributed by atoms with Crippen molar-refractivity contribution in [1.82, 2.24) is 9.88 Å². The molecule has 0 aliphatic heterocycles. The second-order valence-electron chi connectivity index (χ2n) is 4.99. The number of thiophene rings is 1. The van der Waals surface area contributed by atoms with Crippen LogP contribution in [0.3, 0.4) is 0 Å². The summed E-state index contributed by atoms with van der Waals surface area (Å²) >= 11 is 3.59. The monoisotopic (exact) mass is 293 g/mol. The molecule has 5 heteroatoms. The molecule has 0 amide bonds.